The molecule has 168 valence electrons. The first-order chi connectivity index (χ1) is 14.7. The molecular weight excluding hydrogens is 529 g/mol. The van der Waals surface area contributed by atoms with Crippen molar-refractivity contribution in [2.75, 3.05) is 40.1 Å². The number of guanidine groups is 1. The summed E-state index contributed by atoms with van der Waals surface area (Å²) in [5.41, 5.74) is 2.33. The molecule has 4 rings (SSSR count). The van der Waals surface area contributed by atoms with Crippen LogP contribution in [0, 0.1) is 0 Å². The van der Waals surface area contributed by atoms with Gasteiger partial charge in [0.25, 0.3) is 0 Å². The average Bonchev–Trinajstić information content (AvgIpc) is 3.26. The fourth-order valence-corrected chi connectivity index (χ4v) is 4.28. The van der Waals surface area contributed by atoms with E-state index in [0.29, 0.717) is 0 Å². The second-order valence-electron chi connectivity index (χ2n) is 7.65. The number of benzene rings is 2. The van der Waals surface area contributed by atoms with E-state index in [2.05, 4.69) is 33.8 Å². The number of hydrogen-bond acceptors (Lipinski definition) is 4. The Bertz CT molecular complexity index is 903. The second kappa shape index (κ2) is 11.2. The topological polar surface area (TPSA) is 64.1 Å². The number of aliphatic imine (C=N–C) groups is 1. The predicted molar refractivity (Wildman–Crippen MR) is 134 cm³/mol. The van der Waals surface area contributed by atoms with Crippen LogP contribution >= 0.6 is 35.6 Å². The van der Waals surface area contributed by atoms with Gasteiger partial charge in [0, 0.05) is 43.8 Å². The van der Waals surface area contributed by atoms with E-state index in [9.17, 15) is 0 Å². The van der Waals surface area contributed by atoms with Crippen LogP contribution in [0.4, 0.5) is 0 Å². The van der Waals surface area contributed by atoms with E-state index in [-0.39, 0.29) is 36.2 Å². The molecular formula is C23H29ClIN3O3. The standard InChI is InChI=1S/C23H28ClN3O3.HI/c1-25-22(26-11-8-17-4-2-3-5-19(17)24)27-15-23(9-12-28-13-10-23)18-6-7-20-21(14-18)30-16-29-20;/h2-7,14H,8-13,15-16H2,1H3,(H2,25,26,27);1H. The van der Waals surface area contributed by atoms with Crippen molar-refractivity contribution in [1.29, 1.82) is 0 Å². The first-order valence-electron chi connectivity index (χ1n) is 10.4. The normalized spacial score (nSPS) is 17.0. The molecule has 8 heteroatoms. The van der Waals surface area contributed by atoms with Crippen LogP contribution in [-0.4, -0.2) is 46.1 Å². The summed E-state index contributed by atoms with van der Waals surface area (Å²) in [6.45, 7) is 3.30. The Morgan fingerprint density at radius 2 is 1.84 bits per heavy atom. The Hall–Kier alpha value is -1.71. The molecule has 0 saturated carbocycles. The van der Waals surface area contributed by atoms with Gasteiger partial charge in [0.15, 0.2) is 17.5 Å². The highest BCUT2D eigenvalue weighted by Crippen LogP contribution is 2.40. The van der Waals surface area contributed by atoms with Crippen molar-refractivity contribution in [2.45, 2.75) is 24.7 Å². The fourth-order valence-electron chi connectivity index (χ4n) is 4.05. The van der Waals surface area contributed by atoms with Gasteiger partial charge in [0.1, 0.15) is 0 Å². The van der Waals surface area contributed by atoms with E-state index in [1.807, 2.05) is 24.3 Å². The molecule has 0 spiro atoms. The highest BCUT2D eigenvalue weighted by molar-refractivity contribution is 14.0. The largest absolute Gasteiger partial charge is 0.454 e. The number of fused-ring (bicyclic) bond motifs is 1. The number of hydrogen-bond donors (Lipinski definition) is 2. The summed E-state index contributed by atoms with van der Waals surface area (Å²) < 4.78 is 16.7. The summed E-state index contributed by atoms with van der Waals surface area (Å²) in [6, 6.07) is 14.2. The van der Waals surface area contributed by atoms with Crippen LogP contribution in [0.1, 0.15) is 24.0 Å². The molecule has 31 heavy (non-hydrogen) atoms. The minimum Gasteiger partial charge on any atom is -0.454 e. The molecule has 1 saturated heterocycles. The van der Waals surface area contributed by atoms with Gasteiger partial charge in [-0.3, -0.25) is 4.99 Å². The molecule has 0 bridgehead atoms. The number of ether oxygens (including phenoxy) is 3. The zero-order chi connectivity index (χ0) is 20.8. The molecule has 2 N–H and O–H groups in total. The minimum absolute atomic E-state index is 0. The lowest BCUT2D eigenvalue weighted by Crippen LogP contribution is -2.48. The Labute approximate surface area is 205 Å². The van der Waals surface area contributed by atoms with Gasteiger partial charge in [0.2, 0.25) is 6.79 Å². The summed E-state index contributed by atoms with van der Waals surface area (Å²) in [5.74, 6) is 2.42. The molecule has 2 aliphatic heterocycles. The minimum atomic E-state index is -0.0421. The van der Waals surface area contributed by atoms with Crippen LogP contribution in [0.3, 0.4) is 0 Å². The zero-order valence-electron chi connectivity index (χ0n) is 17.7. The van der Waals surface area contributed by atoms with E-state index >= 15 is 0 Å². The Balaban J connectivity index is 0.00000272. The van der Waals surface area contributed by atoms with Gasteiger partial charge in [-0.05, 0) is 48.6 Å². The van der Waals surface area contributed by atoms with Crippen LogP contribution in [-0.2, 0) is 16.6 Å². The summed E-state index contributed by atoms with van der Waals surface area (Å²) >= 11 is 6.26. The molecule has 1 fully saturated rings. The van der Waals surface area contributed by atoms with Gasteiger partial charge in [0.05, 0.1) is 0 Å². The van der Waals surface area contributed by atoms with Crippen molar-refractivity contribution in [2.24, 2.45) is 4.99 Å². The first kappa shape index (κ1) is 23.9. The van der Waals surface area contributed by atoms with E-state index in [0.717, 1.165) is 73.6 Å². The number of halogens is 2. The lowest BCUT2D eigenvalue weighted by Gasteiger charge is -2.38. The third-order valence-corrected chi connectivity index (χ3v) is 6.27. The molecule has 0 atom stereocenters. The Kier molecular flexibility index (Phi) is 8.68. The van der Waals surface area contributed by atoms with E-state index in [1.54, 1.807) is 7.05 Å². The fraction of sp³-hybridized carbons (Fsp3) is 0.435. The average molecular weight is 558 g/mol. The molecule has 2 aliphatic rings. The molecule has 0 unspecified atom stereocenters. The molecule has 2 aromatic carbocycles. The highest BCUT2D eigenvalue weighted by atomic mass is 127. The Morgan fingerprint density at radius 1 is 1.06 bits per heavy atom. The van der Waals surface area contributed by atoms with Crippen LogP contribution in [0.2, 0.25) is 5.02 Å². The number of rotatable bonds is 6. The molecule has 0 amide bonds. The van der Waals surface area contributed by atoms with Crippen molar-refractivity contribution < 1.29 is 14.2 Å². The van der Waals surface area contributed by atoms with Gasteiger partial charge in [-0.2, -0.15) is 0 Å². The highest BCUT2D eigenvalue weighted by Gasteiger charge is 2.35. The van der Waals surface area contributed by atoms with Crippen molar-refractivity contribution in [3.05, 3.63) is 58.6 Å². The molecule has 2 aromatic rings. The van der Waals surface area contributed by atoms with Crippen LogP contribution < -0.4 is 20.1 Å². The summed E-state index contributed by atoms with van der Waals surface area (Å²) in [7, 11) is 1.79. The maximum absolute atomic E-state index is 6.26. The molecule has 0 aromatic heterocycles. The van der Waals surface area contributed by atoms with E-state index < -0.39 is 0 Å². The summed E-state index contributed by atoms with van der Waals surface area (Å²) in [4.78, 5) is 4.39. The summed E-state index contributed by atoms with van der Waals surface area (Å²) in [6.07, 6.45) is 2.72. The van der Waals surface area contributed by atoms with Crippen molar-refractivity contribution in [3.8, 4) is 11.5 Å². The Morgan fingerprint density at radius 3 is 2.61 bits per heavy atom. The van der Waals surface area contributed by atoms with Gasteiger partial charge in [-0.15, -0.1) is 24.0 Å². The van der Waals surface area contributed by atoms with Crippen molar-refractivity contribution >= 4 is 41.5 Å². The van der Waals surface area contributed by atoms with Crippen molar-refractivity contribution in [1.82, 2.24) is 10.6 Å². The third kappa shape index (κ3) is 5.75. The zero-order valence-corrected chi connectivity index (χ0v) is 20.7. The molecule has 2 heterocycles. The van der Waals surface area contributed by atoms with Crippen LogP contribution in [0.25, 0.3) is 0 Å². The lowest BCUT2D eigenvalue weighted by molar-refractivity contribution is 0.0513. The third-order valence-electron chi connectivity index (χ3n) is 5.90. The molecule has 0 aliphatic carbocycles. The van der Waals surface area contributed by atoms with Gasteiger partial charge >= 0.3 is 0 Å². The molecule has 6 nitrogen and oxygen atoms in total. The van der Waals surface area contributed by atoms with Gasteiger partial charge < -0.3 is 24.8 Å². The van der Waals surface area contributed by atoms with Crippen molar-refractivity contribution in [3.63, 3.8) is 0 Å². The maximum Gasteiger partial charge on any atom is 0.231 e. The van der Waals surface area contributed by atoms with E-state index in [4.69, 9.17) is 25.8 Å². The second-order valence-corrected chi connectivity index (χ2v) is 8.06. The maximum atomic E-state index is 6.26. The lowest BCUT2D eigenvalue weighted by atomic mass is 9.74. The predicted octanol–water partition coefficient (Wildman–Crippen LogP) is 4.14. The smallest absolute Gasteiger partial charge is 0.231 e. The quantitative estimate of drug-likeness (QED) is 0.318. The SMILES string of the molecule is CN=C(NCCc1ccccc1Cl)NCC1(c2ccc3c(c2)OCO3)CCOCC1.I. The van der Waals surface area contributed by atoms with Gasteiger partial charge in [-0.25, -0.2) is 0 Å². The number of nitrogens with zero attached hydrogens (tertiary/aromatic N) is 1. The van der Waals surface area contributed by atoms with Crippen LogP contribution in [0.15, 0.2) is 47.5 Å². The van der Waals surface area contributed by atoms with Gasteiger partial charge in [-0.1, -0.05) is 35.9 Å². The van der Waals surface area contributed by atoms with Crippen LogP contribution in [0.5, 0.6) is 11.5 Å². The molecule has 0 radical (unpaired) electrons. The summed E-state index contributed by atoms with van der Waals surface area (Å²) in [5, 5.41) is 7.72. The monoisotopic (exact) mass is 557 g/mol. The first-order valence-corrected chi connectivity index (χ1v) is 10.7. The van der Waals surface area contributed by atoms with E-state index in [1.165, 1.54) is 5.56 Å². The number of nitrogens with one attached hydrogen (secondary N) is 2.